The minimum absolute atomic E-state index is 0.0104. The minimum atomic E-state index is -0.500. The average Bonchev–Trinajstić information content (AvgIpc) is 3.07. The molecule has 0 unspecified atom stereocenters. The first-order valence-corrected chi connectivity index (χ1v) is 10.8. The fourth-order valence-electron chi connectivity index (χ4n) is 3.78. The Hall–Kier alpha value is -3.06. The van der Waals surface area contributed by atoms with Gasteiger partial charge in [-0.2, -0.15) is 0 Å². The van der Waals surface area contributed by atoms with Gasteiger partial charge in [-0.1, -0.05) is 36.8 Å². The number of rotatable bonds is 3. The van der Waals surface area contributed by atoms with E-state index in [-0.39, 0.29) is 5.69 Å². The van der Waals surface area contributed by atoms with Gasteiger partial charge in [-0.25, -0.2) is 4.79 Å². The summed E-state index contributed by atoms with van der Waals surface area (Å²) in [6, 6.07) is 8.56. The monoisotopic (exact) mass is 441 g/mol. The molecule has 0 bridgehead atoms. The van der Waals surface area contributed by atoms with Crippen LogP contribution in [-0.2, 0) is 22.5 Å². The molecule has 174 valence electrons. The van der Waals surface area contributed by atoms with Crippen LogP contribution >= 0.6 is 0 Å². The zero-order valence-electron chi connectivity index (χ0n) is 20.1. The number of hydrogen-bond donors (Lipinski definition) is 3. The van der Waals surface area contributed by atoms with Gasteiger partial charge in [0.15, 0.2) is 0 Å². The maximum atomic E-state index is 12.4. The van der Waals surface area contributed by atoms with Gasteiger partial charge in [0.05, 0.1) is 29.4 Å². The lowest BCUT2D eigenvalue weighted by Crippen LogP contribution is -2.25. The summed E-state index contributed by atoms with van der Waals surface area (Å²) in [6.07, 6.45) is 0.937. The van der Waals surface area contributed by atoms with Crippen LogP contribution in [0.4, 0.5) is 5.69 Å². The van der Waals surface area contributed by atoms with Gasteiger partial charge in [0.1, 0.15) is 0 Å². The predicted octanol–water partition coefficient (Wildman–Crippen LogP) is 4.17. The molecule has 4 rings (SSSR count). The van der Waals surface area contributed by atoms with Crippen LogP contribution in [0.25, 0.3) is 22.2 Å². The van der Waals surface area contributed by atoms with Crippen LogP contribution in [-0.4, -0.2) is 40.4 Å². The number of methoxy groups -OCH3 is 1. The zero-order chi connectivity index (χ0) is 24.1. The zero-order valence-corrected chi connectivity index (χ0v) is 20.1. The van der Waals surface area contributed by atoms with E-state index >= 15 is 0 Å². The normalized spacial score (nSPS) is 12.1. The van der Waals surface area contributed by atoms with Gasteiger partial charge < -0.3 is 20.1 Å². The number of aromatic nitrogens is 2. The first kappa shape index (κ1) is 25.2. The molecule has 3 N–H and O–H groups in total. The number of carbonyl (C=O) groups is 1. The van der Waals surface area contributed by atoms with Crippen molar-refractivity contribution in [2.24, 2.45) is 0 Å². The van der Waals surface area contributed by atoms with E-state index in [0.29, 0.717) is 13.0 Å². The molecule has 0 aliphatic carbocycles. The highest BCUT2D eigenvalue weighted by molar-refractivity contribution is 6.03. The van der Waals surface area contributed by atoms with Crippen LogP contribution < -0.4 is 11.0 Å². The average molecular weight is 442 g/mol. The smallest absolute Gasteiger partial charge is 0.326 e. The third kappa shape index (κ3) is 5.79. The summed E-state index contributed by atoms with van der Waals surface area (Å²) >= 11 is 0. The van der Waals surface area contributed by atoms with Crippen molar-refractivity contribution in [1.29, 1.82) is 0 Å². The Morgan fingerprint density at radius 3 is 2.25 bits per heavy atom. The lowest BCUT2D eigenvalue weighted by molar-refractivity contribution is -0.126. The number of benzene rings is 2. The van der Waals surface area contributed by atoms with Gasteiger partial charge in [-0.15, -0.1) is 0 Å². The number of aryl methyl sites for hydroxylation is 1. The molecule has 0 saturated heterocycles. The summed E-state index contributed by atoms with van der Waals surface area (Å²) in [6.45, 7) is 13.5. The number of imidazole rings is 1. The van der Waals surface area contributed by atoms with Gasteiger partial charge in [0.25, 0.3) is 6.47 Å². The molecule has 1 aliphatic rings. The Bertz CT molecular complexity index is 1110. The molecule has 0 spiro atoms. The third-order valence-electron chi connectivity index (χ3n) is 5.03. The number of ether oxygens (including phenoxy) is 1. The van der Waals surface area contributed by atoms with Crippen LogP contribution in [0.2, 0.25) is 0 Å². The Morgan fingerprint density at radius 1 is 1.19 bits per heavy atom. The summed E-state index contributed by atoms with van der Waals surface area (Å²) in [5.74, 6) is 0. The molecule has 2 aromatic carbocycles. The highest BCUT2D eigenvalue weighted by Gasteiger charge is 2.24. The summed E-state index contributed by atoms with van der Waals surface area (Å²) in [5, 5.41) is 12.0. The Kier molecular flexibility index (Phi) is 8.27. The van der Waals surface area contributed by atoms with Crippen LogP contribution in [0.5, 0.6) is 0 Å². The van der Waals surface area contributed by atoms with Crippen LogP contribution in [0.15, 0.2) is 29.1 Å². The standard InChI is InChI=1S/C19H21N3O.C4H10O.C2H4O2/c1-4-14-12(3)16-18-17(21-19(23)22(18)10-9-20-16)15(14)13-7-5-11(2)6-8-13;1-4(2,3)5;1-4-2-3/h5-8,20H,4,9-10H2,1-3H3,(H,21,23);5H,1-3H3;2H,1H3. The lowest BCUT2D eigenvalue weighted by atomic mass is 9.90. The number of aliphatic hydroxyl groups is 1. The molecule has 0 saturated carbocycles. The predicted molar refractivity (Wildman–Crippen MR) is 130 cm³/mol. The van der Waals surface area contributed by atoms with E-state index in [0.717, 1.165) is 29.7 Å². The summed E-state index contributed by atoms with van der Waals surface area (Å²) < 4.78 is 5.73. The second-order valence-electron chi connectivity index (χ2n) is 8.81. The molecule has 3 aromatic rings. The number of anilines is 1. The first-order valence-electron chi connectivity index (χ1n) is 10.8. The quantitative estimate of drug-likeness (QED) is 0.530. The number of nitrogens with one attached hydrogen (secondary N) is 2. The highest BCUT2D eigenvalue weighted by Crippen LogP contribution is 2.40. The highest BCUT2D eigenvalue weighted by atomic mass is 16.5. The van der Waals surface area contributed by atoms with E-state index < -0.39 is 5.60 Å². The first-order chi connectivity index (χ1) is 15.0. The number of carbonyl (C=O) groups excluding carboxylic acids is 1. The Labute approximate surface area is 189 Å². The van der Waals surface area contributed by atoms with Crippen molar-refractivity contribution in [3.05, 3.63) is 51.4 Å². The molecule has 7 nitrogen and oxygen atoms in total. The molecule has 2 heterocycles. The molecule has 1 aromatic heterocycles. The van der Waals surface area contributed by atoms with E-state index in [1.165, 1.54) is 34.9 Å². The Morgan fingerprint density at radius 2 is 1.75 bits per heavy atom. The molecular weight excluding hydrogens is 406 g/mol. The number of hydrogen-bond acceptors (Lipinski definition) is 5. The van der Waals surface area contributed by atoms with Crippen molar-refractivity contribution in [2.75, 3.05) is 19.0 Å². The fourth-order valence-corrected chi connectivity index (χ4v) is 3.78. The largest absolute Gasteiger partial charge is 0.471 e. The maximum absolute atomic E-state index is 12.4. The van der Waals surface area contributed by atoms with Crippen molar-refractivity contribution in [3.63, 3.8) is 0 Å². The van der Waals surface area contributed by atoms with E-state index in [1.807, 2.05) is 4.57 Å². The second kappa shape index (κ2) is 10.5. The molecule has 1 aliphatic heterocycles. The molecular formula is C25H35N3O4. The van der Waals surface area contributed by atoms with Crippen molar-refractivity contribution < 1.29 is 14.6 Å². The Balaban J connectivity index is 0.000000346. The molecule has 0 radical (unpaired) electrons. The van der Waals surface area contributed by atoms with Crippen LogP contribution in [0.1, 0.15) is 44.4 Å². The van der Waals surface area contributed by atoms with E-state index in [4.69, 9.17) is 9.90 Å². The van der Waals surface area contributed by atoms with E-state index in [2.05, 4.69) is 60.1 Å². The van der Waals surface area contributed by atoms with Crippen molar-refractivity contribution in [1.82, 2.24) is 9.55 Å². The summed E-state index contributed by atoms with van der Waals surface area (Å²) in [5.41, 5.74) is 8.72. The fraction of sp³-hybridized carbons (Fsp3) is 0.440. The van der Waals surface area contributed by atoms with E-state index in [9.17, 15) is 4.79 Å². The van der Waals surface area contributed by atoms with Gasteiger partial charge in [-0.3, -0.25) is 9.36 Å². The second-order valence-corrected chi connectivity index (χ2v) is 8.81. The number of nitrogens with zero attached hydrogens (tertiary/aromatic N) is 1. The van der Waals surface area contributed by atoms with Gasteiger partial charge >= 0.3 is 5.69 Å². The molecule has 0 atom stereocenters. The minimum Gasteiger partial charge on any atom is -0.471 e. The molecule has 0 fully saturated rings. The maximum Gasteiger partial charge on any atom is 0.326 e. The third-order valence-corrected chi connectivity index (χ3v) is 5.03. The molecule has 7 heteroatoms. The van der Waals surface area contributed by atoms with Gasteiger partial charge in [0.2, 0.25) is 0 Å². The lowest BCUT2D eigenvalue weighted by Gasteiger charge is -2.23. The van der Waals surface area contributed by atoms with Gasteiger partial charge in [0, 0.05) is 18.7 Å². The molecule has 32 heavy (non-hydrogen) atoms. The van der Waals surface area contributed by atoms with Crippen molar-refractivity contribution >= 4 is 23.2 Å². The topological polar surface area (TPSA) is 96.3 Å². The summed E-state index contributed by atoms with van der Waals surface area (Å²) in [4.78, 5) is 24.4. The number of H-pyrrole nitrogens is 1. The number of aromatic amines is 1. The van der Waals surface area contributed by atoms with Crippen molar-refractivity contribution in [3.8, 4) is 11.1 Å². The van der Waals surface area contributed by atoms with Crippen molar-refractivity contribution in [2.45, 2.75) is 60.1 Å². The van der Waals surface area contributed by atoms with E-state index in [1.54, 1.807) is 20.8 Å². The van der Waals surface area contributed by atoms with Crippen LogP contribution in [0, 0.1) is 13.8 Å². The van der Waals surface area contributed by atoms with Gasteiger partial charge in [-0.05, 0) is 57.7 Å². The van der Waals surface area contributed by atoms with Crippen LogP contribution in [0.3, 0.4) is 0 Å². The molecule has 0 amide bonds. The SMILES string of the molecule is CC(C)(C)O.CCc1c(C)c2c3c([nH]c(=O)n3CCN2)c1-c1ccc(C)cc1.COC=O. The summed E-state index contributed by atoms with van der Waals surface area (Å²) in [7, 11) is 1.31.